The molecule has 0 spiro atoms. The highest BCUT2D eigenvalue weighted by Crippen LogP contribution is 2.29. The van der Waals surface area contributed by atoms with E-state index < -0.39 is 6.04 Å². The van der Waals surface area contributed by atoms with Crippen LogP contribution in [-0.4, -0.2) is 24.4 Å². The first-order valence-corrected chi connectivity index (χ1v) is 8.62. The fourth-order valence-corrected chi connectivity index (χ4v) is 2.92. The number of para-hydroxylation sites is 1. The fraction of sp³-hybridized carbons (Fsp3) is 0.300. The van der Waals surface area contributed by atoms with E-state index in [2.05, 4.69) is 5.32 Å². The lowest BCUT2D eigenvalue weighted by molar-refractivity contribution is -0.123. The summed E-state index contributed by atoms with van der Waals surface area (Å²) in [4.78, 5) is 26.2. The standard InChI is InChI=1S/C20H22N2O3/c1-2-14-21-20(24)18-12-13-19(23)22(18)15-8-10-17(11-9-15)25-16-6-4-3-5-7-16/h3-11,18H,2,12-14H2,1H3,(H,21,24). The number of ether oxygens (including phenoxy) is 1. The van der Waals surface area contributed by atoms with Gasteiger partial charge in [0.1, 0.15) is 17.5 Å². The molecule has 1 N–H and O–H groups in total. The van der Waals surface area contributed by atoms with Gasteiger partial charge in [-0.2, -0.15) is 0 Å². The van der Waals surface area contributed by atoms with E-state index in [0.29, 0.717) is 25.1 Å². The lowest BCUT2D eigenvalue weighted by Gasteiger charge is -2.24. The van der Waals surface area contributed by atoms with Crippen molar-refractivity contribution in [1.29, 1.82) is 0 Å². The molecule has 1 aliphatic rings. The van der Waals surface area contributed by atoms with Crippen molar-refractivity contribution in [3.8, 4) is 11.5 Å². The van der Waals surface area contributed by atoms with Gasteiger partial charge in [0.15, 0.2) is 0 Å². The van der Waals surface area contributed by atoms with Crippen LogP contribution in [0.25, 0.3) is 0 Å². The highest BCUT2D eigenvalue weighted by molar-refractivity contribution is 6.03. The molecule has 25 heavy (non-hydrogen) atoms. The van der Waals surface area contributed by atoms with Crippen LogP contribution in [0, 0.1) is 0 Å². The van der Waals surface area contributed by atoms with Gasteiger partial charge in [-0.3, -0.25) is 14.5 Å². The largest absolute Gasteiger partial charge is 0.457 e. The van der Waals surface area contributed by atoms with Gasteiger partial charge in [0, 0.05) is 18.7 Å². The molecule has 1 fully saturated rings. The Morgan fingerprint density at radius 3 is 2.48 bits per heavy atom. The average Bonchev–Trinajstić information content (AvgIpc) is 3.03. The van der Waals surface area contributed by atoms with Gasteiger partial charge in [-0.25, -0.2) is 0 Å². The number of hydrogen-bond donors (Lipinski definition) is 1. The second kappa shape index (κ2) is 7.83. The molecule has 1 aliphatic heterocycles. The number of hydrogen-bond acceptors (Lipinski definition) is 3. The summed E-state index contributed by atoms with van der Waals surface area (Å²) in [6.07, 6.45) is 1.82. The molecule has 0 aromatic heterocycles. The maximum Gasteiger partial charge on any atom is 0.243 e. The number of nitrogens with zero attached hydrogens (tertiary/aromatic N) is 1. The molecule has 1 saturated heterocycles. The molecule has 1 unspecified atom stereocenters. The monoisotopic (exact) mass is 338 g/mol. The van der Waals surface area contributed by atoms with Crippen molar-refractivity contribution in [3.63, 3.8) is 0 Å². The highest BCUT2D eigenvalue weighted by Gasteiger charge is 2.36. The maximum atomic E-state index is 12.3. The number of carbonyl (C=O) groups excluding carboxylic acids is 2. The van der Waals surface area contributed by atoms with Crippen LogP contribution in [0.2, 0.25) is 0 Å². The van der Waals surface area contributed by atoms with Gasteiger partial charge >= 0.3 is 0 Å². The van der Waals surface area contributed by atoms with Crippen LogP contribution in [0.1, 0.15) is 26.2 Å². The summed E-state index contributed by atoms with van der Waals surface area (Å²) in [5, 5.41) is 2.88. The molecule has 2 aromatic rings. The average molecular weight is 338 g/mol. The van der Waals surface area contributed by atoms with Crippen molar-refractivity contribution in [2.45, 2.75) is 32.2 Å². The zero-order valence-corrected chi connectivity index (χ0v) is 14.3. The molecule has 3 rings (SSSR count). The van der Waals surface area contributed by atoms with Crippen LogP contribution in [0.3, 0.4) is 0 Å². The van der Waals surface area contributed by atoms with Gasteiger partial charge < -0.3 is 10.1 Å². The third kappa shape index (κ3) is 3.99. The van der Waals surface area contributed by atoms with Crippen LogP contribution in [-0.2, 0) is 9.59 Å². The first kappa shape index (κ1) is 17.0. The van der Waals surface area contributed by atoms with E-state index in [1.807, 2.05) is 61.5 Å². The number of amides is 2. The molecular weight excluding hydrogens is 316 g/mol. The molecule has 0 saturated carbocycles. The molecule has 1 heterocycles. The Morgan fingerprint density at radius 2 is 1.80 bits per heavy atom. The van der Waals surface area contributed by atoms with Gasteiger partial charge in [-0.15, -0.1) is 0 Å². The first-order valence-electron chi connectivity index (χ1n) is 8.62. The van der Waals surface area contributed by atoms with Gasteiger partial charge in [0.2, 0.25) is 11.8 Å². The number of benzene rings is 2. The summed E-state index contributed by atoms with van der Waals surface area (Å²) < 4.78 is 5.77. The van der Waals surface area contributed by atoms with Gasteiger partial charge in [0.25, 0.3) is 0 Å². The Morgan fingerprint density at radius 1 is 1.12 bits per heavy atom. The van der Waals surface area contributed by atoms with E-state index in [9.17, 15) is 9.59 Å². The summed E-state index contributed by atoms with van der Waals surface area (Å²) in [5.41, 5.74) is 0.722. The van der Waals surface area contributed by atoms with Gasteiger partial charge in [-0.1, -0.05) is 25.1 Å². The normalized spacial score (nSPS) is 16.8. The molecule has 5 nitrogen and oxygen atoms in total. The van der Waals surface area contributed by atoms with Crippen LogP contribution < -0.4 is 15.0 Å². The van der Waals surface area contributed by atoms with E-state index in [1.165, 1.54) is 0 Å². The predicted molar refractivity (Wildman–Crippen MR) is 96.8 cm³/mol. The lowest BCUT2D eigenvalue weighted by atomic mass is 10.2. The van der Waals surface area contributed by atoms with Crippen LogP contribution in [0.4, 0.5) is 5.69 Å². The van der Waals surface area contributed by atoms with Crippen molar-refractivity contribution in [1.82, 2.24) is 5.32 Å². The minimum atomic E-state index is -0.431. The molecule has 130 valence electrons. The minimum Gasteiger partial charge on any atom is -0.457 e. The molecule has 2 aromatic carbocycles. The van der Waals surface area contributed by atoms with Crippen molar-refractivity contribution in [2.75, 3.05) is 11.4 Å². The molecule has 0 bridgehead atoms. The van der Waals surface area contributed by atoms with E-state index in [4.69, 9.17) is 4.74 Å². The molecular formula is C20H22N2O3. The van der Waals surface area contributed by atoms with Crippen LogP contribution >= 0.6 is 0 Å². The molecule has 2 amide bonds. The lowest BCUT2D eigenvalue weighted by Crippen LogP contribution is -2.45. The van der Waals surface area contributed by atoms with Crippen LogP contribution in [0.15, 0.2) is 54.6 Å². The summed E-state index contributed by atoms with van der Waals surface area (Å²) in [6.45, 7) is 2.63. The van der Waals surface area contributed by atoms with E-state index >= 15 is 0 Å². The molecule has 0 aliphatic carbocycles. The third-order valence-corrected chi connectivity index (χ3v) is 4.16. The summed E-state index contributed by atoms with van der Waals surface area (Å²) in [5.74, 6) is 1.34. The minimum absolute atomic E-state index is 0.0200. The SMILES string of the molecule is CCCNC(=O)C1CCC(=O)N1c1ccc(Oc2ccccc2)cc1. The third-order valence-electron chi connectivity index (χ3n) is 4.16. The van der Waals surface area contributed by atoms with E-state index in [0.717, 1.165) is 17.9 Å². The number of rotatable bonds is 6. The quantitative estimate of drug-likeness (QED) is 0.877. The zero-order chi connectivity index (χ0) is 17.6. The summed E-state index contributed by atoms with van der Waals surface area (Å²) in [6, 6.07) is 16.3. The van der Waals surface area contributed by atoms with Crippen molar-refractivity contribution >= 4 is 17.5 Å². The second-order valence-corrected chi connectivity index (χ2v) is 6.02. The van der Waals surface area contributed by atoms with E-state index in [-0.39, 0.29) is 11.8 Å². The Kier molecular flexibility index (Phi) is 5.33. The molecule has 1 atom stereocenters. The Hall–Kier alpha value is -2.82. The van der Waals surface area contributed by atoms with Gasteiger partial charge in [0.05, 0.1) is 0 Å². The Bertz CT molecular complexity index is 728. The number of carbonyl (C=O) groups is 2. The first-order chi connectivity index (χ1) is 12.2. The maximum absolute atomic E-state index is 12.3. The van der Waals surface area contributed by atoms with E-state index in [1.54, 1.807) is 4.90 Å². The molecule has 5 heteroatoms. The smallest absolute Gasteiger partial charge is 0.243 e. The zero-order valence-electron chi connectivity index (χ0n) is 14.3. The topological polar surface area (TPSA) is 58.6 Å². The summed E-state index contributed by atoms with van der Waals surface area (Å²) in [7, 11) is 0. The predicted octanol–water partition coefficient (Wildman–Crippen LogP) is 3.50. The van der Waals surface area contributed by atoms with Gasteiger partial charge in [-0.05, 0) is 49.2 Å². The summed E-state index contributed by atoms with van der Waals surface area (Å²) >= 11 is 0. The number of nitrogens with one attached hydrogen (secondary N) is 1. The molecule has 0 radical (unpaired) electrons. The fourth-order valence-electron chi connectivity index (χ4n) is 2.92. The van der Waals surface area contributed by atoms with Crippen molar-refractivity contribution in [3.05, 3.63) is 54.6 Å². The Balaban J connectivity index is 1.73. The van der Waals surface area contributed by atoms with Crippen molar-refractivity contribution < 1.29 is 14.3 Å². The van der Waals surface area contributed by atoms with Crippen molar-refractivity contribution in [2.24, 2.45) is 0 Å². The second-order valence-electron chi connectivity index (χ2n) is 6.02. The highest BCUT2D eigenvalue weighted by atomic mass is 16.5. The Labute approximate surface area is 147 Å². The van der Waals surface area contributed by atoms with Crippen LogP contribution in [0.5, 0.6) is 11.5 Å². The number of anilines is 1.